The standard InChI is InChI=1S/C9H13N3O2/c1-6-8(14-9(13)12(6)3)7-4-10-5-11(7)2/h4-6,8H,1-3H3/t6-,8-/m0/s1. The van der Waals surface area contributed by atoms with Crippen molar-refractivity contribution in [1.29, 1.82) is 0 Å². The zero-order valence-corrected chi connectivity index (χ0v) is 8.47. The third-order valence-electron chi connectivity index (χ3n) is 2.71. The molecule has 0 unspecified atom stereocenters. The summed E-state index contributed by atoms with van der Waals surface area (Å²) < 4.78 is 7.11. The van der Waals surface area contributed by atoms with Gasteiger partial charge in [-0.2, -0.15) is 0 Å². The fraction of sp³-hybridized carbons (Fsp3) is 0.556. The van der Waals surface area contributed by atoms with E-state index in [0.717, 1.165) is 5.69 Å². The Morgan fingerprint density at radius 3 is 2.64 bits per heavy atom. The lowest BCUT2D eigenvalue weighted by molar-refractivity contribution is 0.128. The minimum Gasteiger partial charge on any atom is -0.437 e. The lowest BCUT2D eigenvalue weighted by Crippen LogP contribution is -2.27. The molecule has 1 aliphatic rings. The Balaban J connectivity index is 2.30. The van der Waals surface area contributed by atoms with Crippen molar-refractivity contribution in [2.75, 3.05) is 7.05 Å². The molecule has 76 valence electrons. The van der Waals surface area contributed by atoms with E-state index in [1.54, 1.807) is 24.5 Å². The molecule has 1 aromatic heterocycles. The van der Waals surface area contributed by atoms with Crippen LogP contribution in [0.25, 0.3) is 0 Å². The number of aryl methyl sites for hydroxylation is 1. The second-order valence-electron chi connectivity index (χ2n) is 3.59. The van der Waals surface area contributed by atoms with Crippen LogP contribution in [0.5, 0.6) is 0 Å². The van der Waals surface area contributed by atoms with Crippen molar-refractivity contribution in [3.63, 3.8) is 0 Å². The number of carbonyl (C=O) groups excluding carboxylic acids is 1. The van der Waals surface area contributed by atoms with Gasteiger partial charge in [-0.25, -0.2) is 9.78 Å². The van der Waals surface area contributed by atoms with Crippen molar-refractivity contribution in [3.05, 3.63) is 18.2 Å². The van der Waals surface area contributed by atoms with Crippen LogP contribution in [0.4, 0.5) is 4.79 Å². The van der Waals surface area contributed by atoms with Gasteiger partial charge in [0.2, 0.25) is 0 Å². The van der Waals surface area contributed by atoms with Crippen LogP contribution in [-0.4, -0.2) is 33.6 Å². The molecule has 2 heterocycles. The lowest BCUT2D eigenvalue weighted by atomic mass is 10.1. The predicted molar refractivity (Wildman–Crippen MR) is 49.7 cm³/mol. The smallest absolute Gasteiger partial charge is 0.410 e. The number of imidazole rings is 1. The highest BCUT2D eigenvalue weighted by Crippen LogP contribution is 2.30. The molecule has 5 heteroatoms. The third-order valence-corrected chi connectivity index (χ3v) is 2.71. The van der Waals surface area contributed by atoms with Crippen LogP contribution in [-0.2, 0) is 11.8 Å². The molecule has 0 bridgehead atoms. The Kier molecular flexibility index (Phi) is 1.94. The summed E-state index contributed by atoms with van der Waals surface area (Å²) in [5, 5.41) is 0. The fourth-order valence-electron chi connectivity index (χ4n) is 1.61. The van der Waals surface area contributed by atoms with E-state index in [1.165, 1.54) is 0 Å². The maximum absolute atomic E-state index is 11.3. The lowest BCUT2D eigenvalue weighted by Gasteiger charge is -2.16. The van der Waals surface area contributed by atoms with E-state index in [9.17, 15) is 4.79 Å². The van der Waals surface area contributed by atoms with E-state index in [0.29, 0.717) is 0 Å². The Bertz CT molecular complexity index is 361. The summed E-state index contributed by atoms with van der Waals surface area (Å²) in [6.07, 6.45) is 2.95. The van der Waals surface area contributed by atoms with Crippen molar-refractivity contribution in [2.24, 2.45) is 7.05 Å². The molecule has 0 spiro atoms. The van der Waals surface area contributed by atoms with Gasteiger partial charge in [-0.15, -0.1) is 0 Å². The van der Waals surface area contributed by atoms with E-state index in [-0.39, 0.29) is 18.2 Å². The van der Waals surface area contributed by atoms with Crippen molar-refractivity contribution in [1.82, 2.24) is 14.5 Å². The summed E-state index contributed by atoms with van der Waals surface area (Å²) >= 11 is 0. The summed E-state index contributed by atoms with van der Waals surface area (Å²) in [7, 11) is 3.63. The number of rotatable bonds is 1. The third kappa shape index (κ3) is 1.16. The van der Waals surface area contributed by atoms with Crippen molar-refractivity contribution >= 4 is 6.09 Å². The van der Waals surface area contributed by atoms with Crippen LogP contribution < -0.4 is 0 Å². The average molecular weight is 195 g/mol. The molecule has 0 saturated carbocycles. The first-order valence-electron chi connectivity index (χ1n) is 4.51. The van der Waals surface area contributed by atoms with Gasteiger partial charge < -0.3 is 14.2 Å². The number of ether oxygens (including phenoxy) is 1. The van der Waals surface area contributed by atoms with Gasteiger partial charge in [0.25, 0.3) is 0 Å². The molecule has 2 atom stereocenters. The molecule has 0 radical (unpaired) electrons. The molecule has 5 nitrogen and oxygen atoms in total. The number of hydrogen-bond donors (Lipinski definition) is 0. The second kappa shape index (κ2) is 3.01. The molecule has 1 aliphatic heterocycles. The minimum atomic E-state index is -0.274. The molecule has 0 aliphatic carbocycles. The number of amides is 1. The number of nitrogens with zero attached hydrogens (tertiary/aromatic N) is 3. The molecule has 0 N–H and O–H groups in total. The summed E-state index contributed by atoms with van der Waals surface area (Å²) in [4.78, 5) is 16.9. The molecule has 1 amide bonds. The first-order valence-corrected chi connectivity index (χ1v) is 4.51. The van der Waals surface area contributed by atoms with Gasteiger partial charge in [0.15, 0.2) is 6.10 Å². The van der Waals surface area contributed by atoms with Crippen molar-refractivity contribution in [3.8, 4) is 0 Å². The van der Waals surface area contributed by atoms with Crippen LogP contribution in [0, 0.1) is 0 Å². The molecule has 0 aromatic carbocycles. The number of hydrogen-bond acceptors (Lipinski definition) is 3. The highest BCUT2D eigenvalue weighted by molar-refractivity contribution is 5.70. The van der Waals surface area contributed by atoms with E-state index in [2.05, 4.69) is 4.98 Å². The highest BCUT2D eigenvalue weighted by Gasteiger charge is 2.38. The molecular weight excluding hydrogens is 182 g/mol. The Morgan fingerprint density at radius 2 is 2.21 bits per heavy atom. The average Bonchev–Trinajstić information content (AvgIpc) is 2.66. The fourth-order valence-corrected chi connectivity index (χ4v) is 1.61. The normalized spacial score (nSPS) is 26.8. The quantitative estimate of drug-likeness (QED) is 0.669. The molecule has 1 fully saturated rings. The maximum Gasteiger partial charge on any atom is 0.410 e. The second-order valence-corrected chi connectivity index (χ2v) is 3.59. The van der Waals surface area contributed by atoms with Crippen LogP contribution in [0.2, 0.25) is 0 Å². The number of cyclic esters (lactones) is 1. The molecule has 1 saturated heterocycles. The van der Waals surface area contributed by atoms with Gasteiger partial charge in [0, 0.05) is 14.1 Å². The number of aromatic nitrogens is 2. The molecular formula is C9H13N3O2. The van der Waals surface area contributed by atoms with Crippen LogP contribution in [0.1, 0.15) is 18.7 Å². The maximum atomic E-state index is 11.3. The first kappa shape index (κ1) is 9.05. The summed E-state index contributed by atoms with van der Waals surface area (Å²) in [6, 6.07) is 0.0536. The predicted octanol–water partition coefficient (Wildman–Crippen LogP) is 0.932. The Labute approximate surface area is 82.3 Å². The van der Waals surface area contributed by atoms with Crippen LogP contribution in [0.3, 0.4) is 0 Å². The van der Waals surface area contributed by atoms with Gasteiger partial charge in [-0.1, -0.05) is 0 Å². The van der Waals surface area contributed by atoms with Gasteiger partial charge in [-0.3, -0.25) is 0 Å². The van der Waals surface area contributed by atoms with E-state index < -0.39 is 0 Å². The largest absolute Gasteiger partial charge is 0.437 e. The molecule has 14 heavy (non-hydrogen) atoms. The first-order chi connectivity index (χ1) is 6.61. The summed E-state index contributed by atoms with van der Waals surface area (Å²) in [6.45, 7) is 1.96. The van der Waals surface area contributed by atoms with Crippen LogP contribution >= 0.6 is 0 Å². The number of carbonyl (C=O) groups is 1. The topological polar surface area (TPSA) is 47.4 Å². The summed E-state index contributed by atoms with van der Waals surface area (Å²) in [5.74, 6) is 0. The Hall–Kier alpha value is -1.52. The van der Waals surface area contributed by atoms with E-state index >= 15 is 0 Å². The van der Waals surface area contributed by atoms with E-state index in [1.807, 2.05) is 18.5 Å². The minimum absolute atomic E-state index is 0.0536. The zero-order chi connectivity index (χ0) is 10.3. The molecule has 1 aromatic rings. The SMILES string of the molecule is C[C@H]1[C@@H](c2cncn2C)OC(=O)N1C. The number of likely N-dealkylation sites (N-methyl/N-ethyl adjacent to an activating group) is 1. The van der Waals surface area contributed by atoms with Crippen LogP contribution in [0.15, 0.2) is 12.5 Å². The molecule has 2 rings (SSSR count). The van der Waals surface area contributed by atoms with Crippen molar-refractivity contribution < 1.29 is 9.53 Å². The van der Waals surface area contributed by atoms with E-state index in [4.69, 9.17) is 4.74 Å². The van der Waals surface area contributed by atoms with Gasteiger partial charge in [0.05, 0.1) is 24.3 Å². The monoisotopic (exact) mass is 195 g/mol. The van der Waals surface area contributed by atoms with Gasteiger partial charge in [0.1, 0.15) is 0 Å². The highest BCUT2D eigenvalue weighted by atomic mass is 16.6. The summed E-state index contributed by atoms with van der Waals surface area (Å²) in [5.41, 5.74) is 0.926. The zero-order valence-electron chi connectivity index (χ0n) is 8.47. The van der Waals surface area contributed by atoms with Crippen molar-refractivity contribution in [2.45, 2.75) is 19.1 Å². The van der Waals surface area contributed by atoms with Gasteiger partial charge in [-0.05, 0) is 6.92 Å². The van der Waals surface area contributed by atoms with Gasteiger partial charge >= 0.3 is 6.09 Å². The Morgan fingerprint density at radius 1 is 1.50 bits per heavy atom.